The van der Waals surface area contributed by atoms with Crippen LogP contribution in [-0.4, -0.2) is 34.5 Å². The summed E-state index contributed by atoms with van der Waals surface area (Å²) in [5, 5.41) is 9.93. The van der Waals surface area contributed by atoms with Gasteiger partial charge in [0, 0.05) is 12.5 Å². The van der Waals surface area contributed by atoms with Gasteiger partial charge in [-0.05, 0) is 18.3 Å². The van der Waals surface area contributed by atoms with Crippen LogP contribution in [0.4, 0.5) is 0 Å². The lowest BCUT2D eigenvalue weighted by Gasteiger charge is -2.31. The Balaban J connectivity index is 1.68. The van der Waals surface area contributed by atoms with Gasteiger partial charge in [0.15, 0.2) is 0 Å². The number of nitrogens with zero attached hydrogens (tertiary/aromatic N) is 1. The lowest BCUT2D eigenvalue weighted by atomic mass is 9.86. The summed E-state index contributed by atoms with van der Waals surface area (Å²) in [5.74, 6) is -0.107. The van der Waals surface area contributed by atoms with E-state index in [2.05, 4.69) is 0 Å². The van der Waals surface area contributed by atoms with Gasteiger partial charge in [-0.15, -0.1) is 0 Å². The molecule has 0 spiro atoms. The Kier molecular flexibility index (Phi) is 2.56. The highest BCUT2D eigenvalue weighted by Crippen LogP contribution is 2.63. The van der Waals surface area contributed by atoms with Crippen molar-refractivity contribution in [2.75, 3.05) is 6.54 Å². The molecule has 18 heavy (non-hydrogen) atoms. The van der Waals surface area contributed by atoms with Gasteiger partial charge in [0.25, 0.3) is 0 Å². The van der Waals surface area contributed by atoms with Crippen LogP contribution in [0.3, 0.4) is 0 Å². The topological polar surface area (TPSA) is 57.6 Å². The smallest absolute Gasteiger partial charge is 0.233 e. The molecule has 4 atom stereocenters. The molecule has 0 bridgehead atoms. The molecule has 0 aromatic heterocycles. The molecule has 0 aromatic carbocycles. The molecule has 3 aliphatic rings. The Morgan fingerprint density at radius 3 is 2.28 bits per heavy atom. The second-order valence-electron chi connectivity index (χ2n) is 6.68. The quantitative estimate of drug-likeness (QED) is 0.750. The van der Waals surface area contributed by atoms with Crippen molar-refractivity contribution in [3.8, 4) is 0 Å². The summed E-state index contributed by atoms with van der Waals surface area (Å²) in [7, 11) is 0. The van der Waals surface area contributed by atoms with Crippen molar-refractivity contribution in [3.05, 3.63) is 0 Å². The molecule has 2 aliphatic carbocycles. The number of hydrogen-bond donors (Lipinski definition) is 1. The predicted octanol–water partition coefficient (Wildman–Crippen LogP) is 1.18. The van der Waals surface area contributed by atoms with E-state index in [1.54, 1.807) is 0 Å². The molecule has 1 aliphatic heterocycles. The lowest BCUT2D eigenvalue weighted by Crippen LogP contribution is -2.43. The summed E-state index contributed by atoms with van der Waals surface area (Å²) in [6.07, 6.45) is 3.54. The fraction of sp³-hybridized carbons (Fsp3) is 0.857. The van der Waals surface area contributed by atoms with Gasteiger partial charge in [0.05, 0.1) is 17.9 Å². The Morgan fingerprint density at radius 1 is 1.17 bits per heavy atom. The maximum absolute atomic E-state index is 12.2. The molecule has 4 unspecified atom stereocenters. The molecule has 1 saturated heterocycles. The van der Waals surface area contributed by atoms with Crippen LogP contribution in [0.2, 0.25) is 0 Å². The highest BCUT2D eigenvalue weighted by atomic mass is 16.3. The van der Waals surface area contributed by atoms with Gasteiger partial charge in [0.1, 0.15) is 0 Å². The van der Waals surface area contributed by atoms with Crippen LogP contribution in [0.15, 0.2) is 0 Å². The van der Waals surface area contributed by atoms with Crippen molar-refractivity contribution >= 4 is 11.8 Å². The van der Waals surface area contributed by atoms with E-state index in [0.717, 1.165) is 25.7 Å². The van der Waals surface area contributed by atoms with Gasteiger partial charge in [-0.1, -0.05) is 26.7 Å². The fourth-order valence-electron chi connectivity index (χ4n) is 3.82. The zero-order valence-electron chi connectivity index (χ0n) is 11.1. The molecule has 2 saturated carbocycles. The average molecular weight is 251 g/mol. The van der Waals surface area contributed by atoms with E-state index in [1.165, 1.54) is 4.90 Å². The second-order valence-corrected chi connectivity index (χ2v) is 6.68. The van der Waals surface area contributed by atoms with Gasteiger partial charge in [-0.3, -0.25) is 14.5 Å². The molecule has 0 radical (unpaired) electrons. The Labute approximate surface area is 107 Å². The van der Waals surface area contributed by atoms with Gasteiger partial charge < -0.3 is 5.11 Å². The maximum Gasteiger partial charge on any atom is 0.233 e. The third-order valence-corrected chi connectivity index (χ3v) is 5.18. The lowest BCUT2D eigenvalue weighted by molar-refractivity contribution is -0.144. The average Bonchev–Trinajstić information content (AvgIpc) is 2.78. The summed E-state index contributed by atoms with van der Waals surface area (Å²) >= 11 is 0. The first-order valence-electron chi connectivity index (χ1n) is 6.98. The van der Waals surface area contributed by atoms with E-state index in [1.807, 2.05) is 13.8 Å². The third-order valence-electron chi connectivity index (χ3n) is 5.18. The zero-order chi connectivity index (χ0) is 13.1. The minimum Gasteiger partial charge on any atom is -0.393 e. The molecular formula is C14H21NO3. The Morgan fingerprint density at radius 2 is 1.72 bits per heavy atom. The minimum absolute atomic E-state index is 0.00669. The summed E-state index contributed by atoms with van der Waals surface area (Å²) in [5.41, 5.74) is -0.129. The summed E-state index contributed by atoms with van der Waals surface area (Å²) in [6, 6.07) is 0. The molecule has 3 fully saturated rings. The third kappa shape index (κ3) is 1.54. The molecule has 4 nitrogen and oxygen atoms in total. The van der Waals surface area contributed by atoms with E-state index < -0.39 is 0 Å². The van der Waals surface area contributed by atoms with E-state index in [-0.39, 0.29) is 41.1 Å². The van der Waals surface area contributed by atoms with Crippen LogP contribution in [0.5, 0.6) is 0 Å². The van der Waals surface area contributed by atoms with Crippen LogP contribution < -0.4 is 0 Å². The van der Waals surface area contributed by atoms with Crippen molar-refractivity contribution in [1.82, 2.24) is 4.90 Å². The van der Waals surface area contributed by atoms with Crippen LogP contribution in [-0.2, 0) is 9.59 Å². The van der Waals surface area contributed by atoms with E-state index >= 15 is 0 Å². The molecule has 3 rings (SSSR count). The van der Waals surface area contributed by atoms with Gasteiger partial charge >= 0.3 is 0 Å². The highest BCUT2D eigenvalue weighted by Gasteiger charge is 2.72. The monoisotopic (exact) mass is 251 g/mol. The molecule has 4 heteroatoms. The number of carbonyl (C=O) groups is 2. The van der Waals surface area contributed by atoms with Gasteiger partial charge in [-0.25, -0.2) is 0 Å². The van der Waals surface area contributed by atoms with Gasteiger partial charge in [-0.2, -0.15) is 0 Å². The summed E-state index contributed by atoms with van der Waals surface area (Å²) in [4.78, 5) is 25.8. The van der Waals surface area contributed by atoms with Crippen LogP contribution >= 0.6 is 0 Å². The first kappa shape index (κ1) is 12.2. The number of likely N-dealkylation sites (tertiary alicyclic amines) is 1. The Hall–Kier alpha value is -0.900. The number of carbonyl (C=O) groups excluding carboxylic acids is 2. The van der Waals surface area contributed by atoms with E-state index in [9.17, 15) is 14.7 Å². The zero-order valence-corrected chi connectivity index (χ0v) is 11.1. The largest absolute Gasteiger partial charge is 0.393 e. The number of amides is 2. The molecule has 1 N–H and O–H groups in total. The van der Waals surface area contributed by atoms with Crippen molar-refractivity contribution in [2.45, 2.75) is 45.6 Å². The normalized spacial score (nSPS) is 42.1. The number of imide groups is 1. The fourth-order valence-corrected chi connectivity index (χ4v) is 3.82. The molecule has 1 heterocycles. The standard InChI is InChI=1S/C14H21NO3/c1-14(2)10-11(14)13(18)15(12(10)17)7-8-5-3-4-6-9(8)16/h8-11,16H,3-7H2,1-2H3. The molecule has 2 amide bonds. The predicted molar refractivity (Wildman–Crippen MR) is 65.4 cm³/mol. The van der Waals surface area contributed by atoms with Crippen molar-refractivity contribution in [1.29, 1.82) is 0 Å². The highest BCUT2D eigenvalue weighted by molar-refractivity contribution is 6.10. The van der Waals surface area contributed by atoms with Crippen molar-refractivity contribution < 1.29 is 14.7 Å². The SMILES string of the molecule is CC1(C)C2C(=O)N(CC3CCCCC3O)C(=O)C21. The summed E-state index contributed by atoms with van der Waals surface area (Å²) in [6.45, 7) is 4.41. The summed E-state index contributed by atoms with van der Waals surface area (Å²) < 4.78 is 0. The molecule has 0 aromatic rings. The molecule has 100 valence electrons. The number of hydrogen-bond acceptors (Lipinski definition) is 3. The minimum atomic E-state index is -0.343. The first-order chi connectivity index (χ1) is 8.44. The number of aliphatic hydroxyl groups is 1. The number of rotatable bonds is 2. The van der Waals surface area contributed by atoms with Crippen molar-refractivity contribution in [2.24, 2.45) is 23.2 Å². The maximum atomic E-state index is 12.2. The van der Waals surface area contributed by atoms with E-state index in [0.29, 0.717) is 6.54 Å². The van der Waals surface area contributed by atoms with E-state index in [4.69, 9.17) is 0 Å². The van der Waals surface area contributed by atoms with Gasteiger partial charge in [0.2, 0.25) is 11.8 Å². The van der Waals surface area contributed by atoms with Crippen molar-refractivity contribution in [3.63, 3.8) is 0 Å². The number of piperidine rings is 1. The first-order valence-corrected chi connectivity index (χ1v) is 6.98. The number of aliphatic hydroxyl groups excluding tert-OH is 1. The van der Waals surface area contributed by atoms with Crippen LogP contribution in [0.1, 0.15) is 39.5 Å². The van der Waals surface area contributed by atoms with Crippen LogP contribution in [0.25, 0.3) is 0 Å². The Bertz CT molecular complexity index is 380. The number of fused-ring (bicyclic) bond motifs is 1. The van der Waals surface area contributed by atoms with Crippen LogP contribution in [0, 0.1) is 23.2 Å². The molecular weight excluding hydrogens is 230 g/mol. The second kappa shape index (κ2) is 3.80.